The van der Waals surface area contributed by atoms with Gasteiger partial charge in [0, 0.05) is 18.7 Å². The van der Waals surface area contributed by atoms with Crippen LogP contribution in [0.5, 0.6) is 0 Å². The predicted octanol–water partition coefficient (Wildman–Crippen LogP) is 2.18. The van der Waals surface area contributed by atoms with Crippen molar-refractivity contribution in [3.05, 3.63) is 45.0 Å². The number of carbonyl (C=O) groups excluding carboxylic acids is 1. The summed E-state index contributed by atoms with van der Waals surface area (Å²) in [4.78, 5) is 34.5. The first-order chi connectivity index (χ1) is 12.2. The molecular weight excluding hydrogens is 320 g/mol. The molecular formula is C18H22N4O3. The molecule has 0 spiro atoms. The first-order valence-electron chi connectivity index (χ1n) is 9.06. The van der Waals surface area contributed by atoms with Crippen LogP contribution in [0.4, 0.5) is 0 Å². The number of H-pyrrole nitrogens is 1. The van der Waals surface area contributed by atoms with Crippen molar-refractivity contribution in [3.8, 4) is 0 Å². The van der Waals surface area contributed by atoms with Gasteiger partial charge in [-0.2, -0.15) is 4.98 Å². The number of likely N-dealkylation sites (tertiary alicyclic amines) is 1. The third-order valence-electron chi connectivity index (χ3n) is 5.17. The van der Waals surface area contributed by atoms with Crippen molar-refractivity contribution < 1.29 is 9.32 Å². The molecule has 2 aliphatic rings. The van der Waals surface area contributed by atoms with E-state index >= 15 is 0 Å². The fourth-order valence-electron chi connectivity index (χ4n) is 3.81. The molecule has 132 valence electrons. The third kappa shape index (κ3) is 2.88. The topological polar surface area (TPSA) is 92.1 Å². The van der Waals surface area contributed by atoms with Crippen molar-refractivity contribution in [2.75, 3.05) is 6.54 Å². The maximum absolute atomic E-state index is 13.0. The van der Waals surface area contributed by atoms with Gasteiger partial charge in [-0.1, -0.05) is 12.1 Å². The molecule has 1 amide bonds. The van der Waals surface area contributed by atoms with Crippen LogP contribution < -0.4 is 5.56 Å². The van der Waals surface area contributed by atoms with Crippen LogP contribution in [0.2, 0.25) is 0 Å². The van der Waals surface area contributed by atoms with Gasteiger partial charge in [0.05, 0.1) is 6.04 Å². The summed E-state index contributed by atoms with van der Waals surface area (Å²) < 4.78 is 5.19. The molecule has 1 atom stereocenters. The van der Waals surface area contributed by atoms with E-state index in [1.165, 1.54) is 0 Å². The zero-order valence-corrected chi connectivity index (χ0v) is 14.4. The molecule has 1 saturated heterocycles. The van der Waals surface area contributed by atoms with Crippen molar-refractivity contribution in [1.29, 1.82) is 0 Å². The molecule has 4 rings (SSSR count). The van der Waals surface area contributed by atoms with Gasteiger partial charge in [-0.15, -0.1) is 0 Å². The van der Waals surface area contributed by atoms with Gasteiger partial charge in [0.2, 0.25) is 5.89 Å². The number of aromatic nitrogens is 3. The van der Waals surface area contributed by atoms with E-state index in [4.69, 9.17) is 4.52 Å². The SMILES string of the molecule is CCc1nc(C2CCCN2C(=O)c2cc3c([nH]c2=O)CCCC3)no1. The molecule has 1 aliphatic carbocycles. The fraction of sp³-hybridized carbons (Fsp3) is 0.556. The molecule has 0 saturated carbocycles. The highest BCUT2D eigenvalue weighted by atomic mass is 16.5. The molecule has 7 nitrogen and oxygen atoms in total. The highest BCUT2D eigenvalue weighted by molar-refractivity contribution is 5.94. The summed E-state index contributed by atoms with van der Waals surface area (Å²) >= 11 is 0. The number of aryl methyl sites for hydroxylation is 3. The summed E-state index contributed by atoms with van der Waals surface area (Å²) in [5.41, 5.74) is 2.01. The van der Waals surface area contributed by atoms with Crippen molar-refractivity contribution in [2.45, 2.75) is 57.9 Å². The number of rotatable bonds is 3. The summed E-state index contributed by atoms with van der Waals surface area (Å²) in [5.74, 6) is 0.873. The second kappa shape index (κ2) is 6.46. The largest absolute Gasteiger partial charge is 0.339 e. The maximum Gasteiger partial charge on any atom is 0.261 e. The summed E-state index contributed by atoms with van der Waals surface area (Å²) in [7, 11) is 0. The van der Waals surface area contributed by atoms with Crippen LogP contribution in [-0.4, -0.2) is 32.5 Å². The molecule has 2 aromatic rings. The van der Waals surface area contributed by atoms with Crippen LogP contribution in [0.3, 0.4) is 0 Å². The lowest BCUT2D eigenvalue weighted by Crippen LogP contribution is -2.35. The number of amides is 1. The quantitative estimate of drug-likeness (QED) is 0.923. The van der Waals surface area contributed by atoms with Gasteiger partial charge in [-0.25, -0.2) is 0 Å². The summed E-state index contributed by atoms with van der Waals surface area (Å²) in [6, 6.07) is 1.57. The average molecular weight is 342 g/mol. The van der Waals surface area contributed by atoms with Crippen LogP contribution in [0, 0.1) is 0 Å². The second-order valence-electron chi connectivity index (χ2n) is 6.78. The minimum absolute atomic E-state index is 0.216. The van der Waals surface area contributed by atoms with Gasteiger partial charge >= 0.3 is 0 Å². The molecule has 1 unspecified atom stereocenters. The molecule has 3 heterocycles. The molecule has 0 bridgehead atoms. The van der Waals surface area contributed by atoms with Crippen LogP contribution in [0.1, 0.15) is 72.0 Å². The molecule has 7 heteroatoms. The van der Waals surface area contributed by atoms with E-state index in [1.54, 1.807) is 11.0 Å². The fourth-order valence-corrected chi connectivity index (χ4v) is 3.81. The number of hydrogen-bond donors (Lipinski definition) is 1. The van der Waals surface area contributed by atoms with Crippen LogP contribution in [0.25, 0.3) is 0 Å². The predicted molar refractivity (Wildman–Crippen MR) is 90.4 cm³/mol. The smallest absolute Gasteiger partial charge is 0.261 e. The number of aromatic amines is 1. The lowest BCUT2D eigenvalue weighted by molar-refractivity contribution is 0.0726. The minimum Gasteiger partial charge on any atom is -0.339 e. The first kappa shape index (κ1) is 16.1. The normalized spacial score (nSPS) is 19.9. The van der Waals surface area contributed by atoms with E-state index in [9.17, 15) is 9.59 Å². The van der Waals surface area contributed by atoms with Crippen LogP contribution in [0.15, 0.2) is 15.4 Å². The van der Waals surface area contributed by atoms with E-state index in [2.05, 4.69) is 15.1 Å². The van der Waals surface area contributed by atoms with E-state index in [-0.39, 0.29) is 23.1 Å². The number of pyridine rings is 1. The van der Waals surface area contributed by atoms with Gasteiger partial charge in [0.25, 0.3) is 11.5 Å². The molecule has 0 radical (unpaired) electrons. The highest BCUT2D eigenvalue weighted by Gasteiger charge is 2.35. The number of nitrogens with zero attached hydrogens (tertiary/aromatic N) is 3. The van der Waals surface area contributed by atoms with Gasteiger partial charge in [0.1, 0.15) is 5.56 Å². The summed E-state index contributed by atoms with van der Waals surface area (Å²) in [6.45, 7) is 2.55. The Kier molecular flexibility index (Phi) is 4.15. The number of fused-ring (bicyclic) bond motifs is 1. The highest BCUT2D eigenvalue weighted by Crippen LogP contribution is 2.31. The molecule has 25 heavy (non-hydrogen) atoms. The zero-order valence-electron chi connectivity index (χ0n) is 14.4. The van der Waals surface area contributed by atoms with Crippen molar-refractivity contribution in [3.63, 3.8) is 0 Å². The molecule has 1 N–H and O–H groups in total. The number of nitrogens with one attached hydrogen (secondary N) is 1. The second-order valence-corrected chi connectivity index (χ2v) is 6.78. The Morgan fingerprint density at radius 1 is 1.36 bits per heavy atom. The Morgan fingerprint density at radius 2 is 2.20 bits per heavy atom. The van der Waals surface area contributed by atoms with Gasteiger partial charge < -0.3 is 14.4 Å². The summed E-state index contributed by atoms with van der Waals surface area (Å²) in [6.07, 6.45) is 6.31. The van der Waals surface area contributed by atoms with Crippen molar-refractivity contribution >= 4 is 5.91 Å². The monoisotopic (exact) mass is 342 g/mol. The maximum atomic E-state index is 13.0. The zero-order chi connectivity index (χ0) is 17.4. The molecule has 1 fully saturated rings. The first-order valence-corrected chi connectivity index (χ1v) is 9.06. The molecule has 1 aliphatic heterocycles. The summed E-state index contributed by atoms with van der Waals surface area (Å²) in [5, 5.41) is 4.02. The van der Waals surface area contributed by atoms with Crippen LogP contribution in [-0.2, 0) is 19.3 Å². The third-order valence-corrected chi connectivity index (χ3v) is 5.17. The lowest BCUT2D eigenvalue weighted by atomic mass is 9.95. The van der Waals surface area contributed by atoms with E-state index in [1.807, 2.05) is 6.92 Å². The lowest BCUT2D eigenvalue weighted by Gasteiger charge is -2.23. The number of hydrogen-bond acceptors (Lipinski definition) is 5. The van der Waals surface area contributed by atoms with Gasteiger partial charge in [-0.3, -0.25) is 9.59 Å². The standard InChI is InChI=1S/C18H22N4O3/c1-2-15-20-16(21-25-15)14-8-5-9-22(14)18(24)12-10-11-6-3-4-7-13(11)19-17(12)23/h10,14H,2-9H2,1H3,(H,19,23). The Hall–Kier alpha value is -2.44. The van der Waals surface area contributed by atoms with Crippen LogP contribution >= 0.6 is 0 Å². The minimum atomic E-state index is -0.293. The Labute approximate surface area is 145 Å². The van der Waals surface area contributed by atoms with E-state index in [0.717, 1.165) is 49.8 Å². The van der Waals surface area contributed by atoms with Gasteiger partial charge in [-0.05, 0) is 50.2 Å². The van der Waals surface area contributed by atoms with E-state index < -0.39 is 0 Å². The average Bonchev–Trinajstić information content (AvgIpc) is 3.29. The van der Waals surface area contributed by atoms with Gasteiger partial charge in [0.15, 0.2) is 5.82 Å². The van der Waals surface area contributed by atoms with Crippen molar-refractivity contribution in [1.82, 2.24) is 20.0 Å². The Morgan fingerprint density at radius 3 is 3.00 bits per heavy atom. The van der Waals surface area contributed by atoms with Crippen molar-refractivity contribution in [2.24, 2.45) is 0 Å². The molecule has 2 aromatic heterocycles. The Bertz CT molecular complexity index is 854. The van der Waals surface area contributed by atoms with E-state index in [0.29, 0.717) is 24.7 Å². The number of carbonyl (C=O) groups is 1. The Balaban J connectivity index is 1.64. The molecule has 0 aromatic carbocycles.